The van der Waals surface area contributed by atoms with Gasteiger partial charge < -0.3 is 0 Å². The molecule has 11 rings (SSSR count). The zero-order valence-electron chi connectivity index (χ0n) is 28.7. The van der Waals surface area contributed by atoms with E-state index in [1.807, 2.05) is 12.3 Å². The zero-order chi connectivity index (χ0) is 34.9. The third-order valence-corrected chi connectivity index (χ3v) is 11.2. The van der Waals surface area contributed by atoms with E-state index in [9.17, 15) is 0 Å². The number of hydrogen-bond donors (Lipinski definition) is 0. The molecule has 3 heteroatoms. The minimum atomic E-state index is -0.461. The van der Waals surface area contributed by atoms with Crippen LogP contribution < -0.4 is 0 Å². The molecule has 1 aliphatic rings. The molecule has 246 valence electrons. The van der Waals surface area contributed by atoms with Crippen molar-refractivity contribution in [2.45, 2.75) is 5.41 Å². The van der Waals surface area contributed by atoms with Gasteiger partial charge in [0.05, 0.1) is 33.4 Å². The first-order valence-electron chi connectivity index (χ1n) is 18.1. The highest BCUT2D eigenvalue weighted by molar-refractivity contribution is 6.18. The summed E-state index contributed by atoms with van der Waals surface area (Å²) in [6.45, 7) is 0. The van der Waals surface area contributed by atoms with Gasteiger partial charge in [-0.15, -0.1) is 0 Å². The lowest BCUT2D eigenvalue weighted by molar-refractivity contribution is 0.769. The van der Waals surface area contributed by atoms with E-state index in [-0.39, 0.29) is 0 Å². The van der Waals surface area contributed by atoms with Crippen molar-refractivity contribution in [3.05, 3.63) is 210 Å². The predicted octanol–water partition coefficient (Wildman–Crippen LogP) is 12.2. The van der Waals surface area contributed by atoms with E-state index in [1.54, 1.807) is 0 Å². The van der Waals surface area contributed by atoms with E-state index >= 15 is 0 Å². The molecule has 0 saturated heterocycles. The molecular weight excluding hydrogens is 643 g/mol. The van der Waals surface area contributed by atoms with Gasteiger partial charge in [-0.3, -0.25) is 4.98 Å². The van der Waals surface area contributed by atoms with Gasteiger partial charge >= 0.3 is 0 Å². The predicted molar refractivity (Wildman–Crippen MR) is 218 cm³/mol. The van der Waals surface area contributed by atoms with Gasteiger partial charge in [-0.05, 0) is 57.0 Å². The Morgan fingerprint density at radius 3 is 1.83 bits per heavy atom. The summed E-state index contributed by atoms with van der Waals surface area (Å²) in [5.41, 5.74) is 14.0. The highest BCUT2D eigenvalue weighted by Crippen LogP contribution is 2.58. The number of pyridine rings is 3. The fraction of sp³-hybridized carbons (Fsp3) is 0.0200. The average molecular weight is 674 g/mol. The van der Waals surface area contributed by atoms with Crippen LogP contribution in [0.1, 0.15) is 22.3 Å². The summed E-state index contributed by atoms with van der Waals surface area (Å²) in [6.07, 6.45) is 1.84. The Morgan fingerprint density at radius 2 is 1.06 bits per heavy atom. The molecular formula is C50H31N3. The van der Waals surface area contributed by atoms with Crippen LogP contribution in [0.15, 0.2) is 188 Å². The van der Waals surface area contributed by atoms with Crippen molar-refractivity contribution in [1.82, 2.24) is 15.0 Å². The minimum absolute atomic E-state index is 0.461. The van der Waals surface area contributed by atoms with E-state index in [1.165, 1.54) is 44.2 Å². The maximum absolute atomic E-state index is 5.47. The Hall–Kier alpha value is -6.97. The molecule has 1 aliphatic carbocycles. The van der Waals surface area contributed by atoms with Gasteiger partial charge in [0.1, 0.15) is 0 Å². The lowest BCUT2D eigenvalue weighted by atomic mass is 9.67. The number of rotatable bonds is 4. The van der Waals surface area contributed by atoms with Crippen LogP contribution in [-0.2, 0) is 5.41 Å². The SMILES string of the molecule is c1ccc(C2(c3ccccc3)c3ccccc3-c3c2ccc2nc(-c4ccc(-c5ccc6ccc7cccnc7c6n5)cc4)c4ccccc4c32)cc1. The van der Waals surface area contributed by atoms with E-state index in [0.717, 1.165) is 55.2 Å². The first kappa shape index (κ1) is 29.7. The fourth-order valence-electron chi connectivity index (χ4n) is 8.88. The quantitative estimate of drug-likeness (QED) is 0.175. The standard InChI is InChI=1S/C50H31N3/c1-3-13-36(14-4-1)50(37-15-5-2-6-16-37)41-20-10-9-19-40(41)45-42(50)28-30-44-46(45)38-17-7-8-18-39(38)47(53-44)34-23-21-32(22-24-34)43-29-27-35-26-25-33-12-11-31-51-48(33)49(35)52-43/h1-31H. The first-order valence-corrected chi connectivity index (χ1v) is 18.1. The average Bonchev–Trinajstić information content (AvgIpc) is 3.55. The van der Waals surface area contributed by atoms with Crippen LogP contribution >= 0.6 is 0 Å². The fourth-order valence-corrected chi connectivity index (χ4v) is 8.88. The Balaban J connectivity index is 1.11. The maximum atomic E-state index is 5.47. The largest absolute Gasteiger partial charge is 0.254 e. The van der Waals surface area contributed by atoms with Crippen molar-refractivity contribution in [1.29, 1.82) is 0 Å². The topological polar surface area (TPSA) is 38.7 Å². The van der Waals surface area contributed by atoms with Crippen LogP contribution in [0.3, 0.4) is 0 Å². The molecule has 3 nitrogen and oxygen atoms in total. The van der Waals surface area contributed by atoms with Crippen LogP contribution in [0.5, 0.6) is 0 Å². The third-order valence-electron chi connectivity index (χ3n) is 11.2. The van der Waals surface area contributed by atoms with Gasteiger partial charge in [0, 0.05) is 38.9 Å². The molecule has 3 heterocycles. The van der Waals surface area contributed by atoms with Gasteiger partial charge in [0.15, 0.2) is 0 Å². The van der Waals surface area contributed by atoms with Gasteiger partial charge in [-0.2, -0.15) is 0 Å². The molecule has 0 spiro atoms. The second kappa shape index (κ2) is 11.5. The molecule has 0 bridgehead atoms. The highest BCUT2D eigenvalue weighted by atomic mass is 14.8. The number of hydrogen-bond acceptors (Lipinski definition) is 3. The van der Waals surface area contributed by atoms with Gasteiger partial charge in [-0.1, -0.05) is 164 Å². The number of benzene rings is 7. The monoisotopic (exact) mass is 673 g/mol. The van der Waals surface area contributed by atoms with Crippen LogP contribution in [0.4, 0.5) is 0 Å². The summed E-state index contributed by atoms with van der Waals surface area (Å²) >= 11 is 0. The van der Waals surface area contributed by atoms with Crippen molar-refractivity contribution in [2.24, 2.45) is 0 Å². The zero-order valence-corrected chi connectivity index (χ0v) is 28.7. The van der Waals surface area contributed by atoms with Gasteiger partial charge in [0.25, 0.3) is 0 Å². The van der Waals surface area contributed by atoms with Crippen molar-refractivity contribution < 1.29 is 0 Å². The van der Waals surface area contributed by atoms with Crippen LogP contribution in [-0.4, -0.2) is 15.0 Å². The molecule has 0 radical (unpaired) electrons. The van der Waals surface area contributed by atoms with Crippen LogP contribution in [0.25, 0.3) is 77.1 Å². The Morgan fingerprint density at radius 1 is 0.415 bits per heavy atom. The number of nitrogens with zero attached hydrogens (tertiary/aromatic N) is 3. The van der Waals surface area contributed by atoms with Crippen molar-refractivity contribution in [3.63, 3.8) is 0 Å². The molecule has 53 heavy (non-hydrogen) atoms. The second-order valence-corrected chi connectivity index (χ2v) is 13.9. The molecule has 10 aromatic rings. The van der Waals surface area contributed by atoms with Crippen LogP contribution in [0, 0.1) is 0 Å². The van der Waals surface area contributed by atoms with E-state index in [2.05, 4.69) is 181 Å². The summed E-state index contributed by atoms with van der Waals surface area (Å²) < 4.78 is 0. The van der Waals surface area contributed by atoms with E-state index < -0.39 is 5.41 Å². The molecule has 0 saturated carbocycles. The number of aromatic nitrogens is 3. The molecule has 0 aliphatic heterocycles. The summed E-state index contributed by atoms with van der Waals surface area (Å²) in [7, 11) is 0. The first-order chi connectivity index (χ1) is 26.3. The van der Waals surface area contributed by atoms with Crippen LogP contribution in [0.2, 0.25) is 0 Å². The molecule has 3 aromatic heterocycles. The molecule has 0 unspecified atom stereocenters. The molecule has 7 aromatic carbocycles. The van der Waals surface area contributed by atoms with Crippen molar-refractivity contribution in [3.8, 4) is 33.6 Å². The summed E-state index contributed by atoms with van der Waals surface area (Å²) in [5, 5.41) is 5.71. The second-order valence-electron chi connectivity index (χ2n) is 13.9. The Labute approximate surface area is 306 Å². The lowest BCUT2D eigenvalue weighted by Crippen LogP contribution is -2.28. The smallest absolute Gasteiger partial charge is 0.0972 e. The maximum Gasteiger partial charge on any atom is 0.0972 e. The van der Waals surface area contributed by atoms with Crippen molar-refractivity contribution in [2.75, 3.05) is 0 Å². The normalized spacial score (nSPS) is 13.1. The van der Waals surface area contributed by atoms with Gasteiger partial charge in [-0.25, -0.2) is 9.97 Å². The Kier molecular flexibility index (Phi) is 6.47. The van der Waals surface area contributed by atoms with Crippen molar-refractivity contribution >= 4 is 43.5 Å². The van der Waals surface area contributed by atoms with Gasteiger partial charge in [0.2, 0.25) is 0 Å². The lowest BCUT2D eigenvalue weighted by Gasteiger charge is -2.34. The minimum Gasteiger partial charge on any atom is -0.254 e. The van der Waals surface area contributed by atoms with E-state index in [0.29, 0.717) is 0 Å². The van der Waals surface area contributed by atoms with E-state index in [4.69, 9.17) is 9.97 Å². The summed E-state index contributed by atoms with van der Waals surface area (Å²) in [6, 6.07) is 65.4. The molecule has 0 fully saturated rings. The molecule has 0 atom stereocenters. The molecule has 0 N–H and O–H groups in total. The highest BCUT2D eigenvalue weighted by Gasteiger charge is 2.46. The number of fused-ring (bicyclic) bond motifs is 10. The summed E-state index contributed by atoms with van der Waals surface area (Å²) in [4.78, 5) is 15.2. The Bertz CT molecular complexity index is 3000. The third kappa shape index (κ3) is 4.31. The molecule has 0 amide bonds. The summed E-state index contributed by atoms with van der Waals surface area (Å²) in [5.74, 6) is 0.